The van der Waals surface area contributed by atoms with Crippen LogP contribution in [0, 0.1) is 11.8 Å². The Labute approximate surface area is 196 Å². The van der Waals surface area contributed by atoms with Gasteiger partial charge in [-0.3, -0.25) is 14.5 Å². The zero-order chi connectivity index (χ0) is 24.2. The smallest absolute Gasteiger partial charge is 0.325 e. The Morgan fingerprint density at radius 3 is 2.52 bits per heavy atom. The Bertz CT molecular complexity index is 887. The van der Waals surface area contributed by atoms with Crippen molar-refractivity contribution in [2.75, 3.05) is 19.8 Å². The lowest BCUT2D eigenvalue weighted by atomic mass is 9.73. The number of nitrogens with one attached hydrogen (secondary N) is 2. The molecule has 3 rings (SSSR count). The largest absolute Gasteiger partial charge is 0.490 e. The Hall–Kier alpha value is -2.77. The highest BCUT2D eigenvalue weighted by molar-refractivity contribution is 6.09. The number of hydrogen-bond donors (Lipinski definition) is 2. The van der Waals surface area contributed by atoms with Gasteiger partial charge in [0.1, 0.15) is 12.1 Å². The number of carbonyl (C=O) groups excluding carboxylic acids is 3. The molecular formula is C25H37N3O5. The van der Waals surface area contributed by atoms with Crippen molar-refractivity contribution < 1.29 is 23.9 Å². The predicted octanol–water partition coefficient (Wildman–Crippen LogP) is 3.80. The Morgan fingerprint density at radius 2 is 1.88 bits per heavy atom. The predicted molar refractivity (Wildman–Crippen MR) is 125 cm³/mol. The van der Waals surface area contributed by atoms with Gasteiger partial charge in [-0.15, -0.1) is 0 Å². The van der Waals surface area contributed by atoms with Gasteiger partial charge in [0, 0.05) is 0 Å². The van der Waals surface area contributed by atoms with Gasteiger partial charge in [-0.25, -0.2) is 4.79 Å². The van der Waals surface area contributed by atoms with Crippen molar-refractivity contribution in [1.29, 1.82) is 0 Å². The number of nitrogens with zero attached hydrogens (tertiary/aromatic N) is 1. The summed E-state index contributed by atoms with van der Waals surface area (Å²) in [5, 5.41) is 5.91. The van der Waals surface area contributed by atoms with Crippen molar-refractivity contribution in [1.82, 2.24) is 15.5 Å². The lowest BCUT2D eigenvalue weighted by Gasteiger charge is -2.36. The van der Waals surface area contributed by atoms with E-state index < -0.39 is 11.6 Å². The van der Waals surface area contributed by atoms with Gasteiger partial charge in [-0.05, 0) is 56.2 Å². The number of amides is 4. The lowest BCUT2D eigenvalue weighted by molar-refractivity contribution is -0.137. The summed E-state index contributed by atoms with van der Waals surface area (Å²) in [6, 6.07) is 4.84. The molecule has 1 heterocycles. The lowest BCUT2D eigenvalue weighted by Crippen LogP contribution is -2.54. The number of rotatable bonds is 9. The molecule has 1 saturated heterocycles. The van der Waals surface area contributed by atoms with E-state index in [4.69, 9.17) is 9.47 Å². The first-order valence-electron chi connectivity index (χ1n) is 12.1. The summed E-state index contributed by atoms with van der Waals surface area (Å²) in [5.74, 6) is 0.761. The molecule has 1 saturated carbocycles. The summed E-state index contributed by atoms with van der Waals surface area (Å²) in [4.78, 5) is 39.8. The van der Waals surface area contributed by atoms with Gasteiger partial charge >= 0.3 is 6.03 Å². The Morgan fingerprint density at radius 1 is 1.18 bits per heavy atom. The standard InChI is InChI=1S/C25H37N3O5/c1-6-32-19-12-11-18(14-20(19)33-7-2)22(16(3)4)26-21(29)15-28-23(30)25(27-24(28)31)13-9-8-10-17(25)5/h11-12,14,16-17,22H,6-10,13,15H2,1-5H3,(H,26,29)(H,27,31). The third kappa shape index (κ3) is 5.09. The molecule has 2 fully saturated rings. The quantitative estimate of drug-likeness (QED) is 0.548. The molecule has 1 aliphatic carbocycles. The second-order valence-electron chi connectivity index (χ2n) is 9.30. The molecule has 0 aromatic heterocycles. The maximum Gasteiger partial charge on any atom is 0.325 e. The maximum atomic E-state index is 13.2. The summed E-state index contributed by atoms with van der Waals surface area (Å²) >= 11 is 0. The fourth-order valence-corrected chi connectivity index (χ4v) is 4.90. The van der Waals surface area contributed by atoms with Gasteiger partial charge in [0.15, 0.2) is 11.5 Å². The number of ether oxygens (including phenoxy) is 2. The summed E-state index contributed by atoms with van der Waals surface area (Å²) in [7, 11) is 0. The average molecular weight is 460 g/mol. The van der Waals surface area contributed by atoms with Crippen LogP contribution in [0.15, 0.2) is 18.2 Å². The molecule has 2 aliphatic rings. The molecule has 0 bridgehead atoms. The number of hydrogen-bond acceptors (Lipinski definition) is 5. The molecule has 0 radical (unpaired) electrons. The third-order valence-electron chi connectivity index (χ3n) is 6.71. The zero-order valence-electron chi connectivity index (χ0n) is 20.4. The highest BCUT2D eigenvalue weighted by Gasteiger charge is 2.55. The van der Waals surface area contributed by atoms with Crippen LogP contribution in [-0.4, -0.2) is 48.0 Å². The van der Waals surface area contributed by atoms with E-state index in [1.165, 1.54) is 0 Å². The molecule has 33 heavy (non-hydrogen) atoms. The number of benzene rings is 1. The fraction of sp³-hybridized carbons (Fsp3) is 0.640. The molecule has 3 unspecified atom stereocenters. The minimum absolute atomic E-state index is 0.0556. The van der Waals surface area contributed by atoms with E-state index >= 15 is 0 Å². The van der Waals surface area contributed by atoms with Gasteiger partial charge in [0.05, 0.1) is 19.3 Å². The topological polar surface area (TPSA) is 97.0 Å². The van der Waals surface area contributed by atoms with E-state index in [1.807, 2.05) is 52.8 Å². The summed E-state index contributed by atoms with van der Waals surface area (Å²) < 4.78 is 11.4. The monoisotopic (exact) mass is 459 g/mol. The van der Waals surface area contributed by atoms with Gasteiger partial charge in [-0.2, -0.15) is 0 Å². The van der Waals surface area contributed by atoms with Crippen molar-refractivity contribution >= 4 is 17.8 Å². The zero-order valence-corrected chi connectivity index (χ0v) is 20.4. The highest BCUT2D eigenvalue weighted by atomic mass is 16.5. The second-order valence-corrected chi connectivity index (χ2v) is 9.30. The number of urea groups is 1. The maximum absolute atomic E-state index is 13.2. The first kappa shape index (κ1) is 24.9. The van der Waals surface area contributed by atoms with Gasteiger partial charge in [0.25, 0.3) is 5.91 Å². The van der Waals surface area contributed by atoms with Crippen LogP contribution in [-0.2, 0) is 9.59 Å². The van der Waals surface area contributed by atoms with Crippen molar-refractivity contribution in [2.24, 2.45) is 11.8 Å². The normalized spacial score (nSPS) is 23.6. The molecule has 2 N–H and O–H groups in total. The van der Waals surface area contributed by atoms with E-state index in [2.05, 4.69) is 10.6 Å². The van der Waals surface area contributed by atoms with Crippen LogP contribution < -0.4 is 20.1 Å². The molecule has 8 nitrogen and oxygen atoms in total. The van der Waals surface area contributed by atoms with E-state index in [1.54, 1.807) is 0 Å². The summed E-state index contributed by atoms with van der Waals surface area (Å²) in [6.07, 6.45) is 3.46. The van der Waals surface area contributed by atoms with Crippen LogP contribution in [0.5, 0.6) is 11.5 Å². The molecule has 4 amide bonds. The van der Waals surface area contributed by atoms with Crippen LogP contribution in [0.1, 0.15) is 71.9 Å². The molecular weight excluding hydrogens is 422 g/mol. The van der Waals surface area contributed by atoms with E-state index in [0.717, 1.165) is 29.7 Å². The van der Waals surface area contributed by atoms with Gasteiger partial charge < -0.3 is 20.1 Å². The van der Waals surface area contributed by atoms with Crippen LogP contribution in [0.2, 0.25) is 0 Å². The highest BCUT2D eigenvalue weighted by Crippen LogP contribution is 2.38. The van der Waals surface area contributed by atoms with Crippen LogP contribution in [0.25, 0.3) is 0 Å². The Kier molecular flexibility index (Phi) is 7.87. The first-order valence-corrected chi connectivity index (χ1v) is 12.1. The molecule has 1 aromatic carbocycles. The number of imide groups is 1. The molecule has 1 spiro atoms. The van der Waals surface area contributed by atoms with Crippen LogP contribution in [0.4, 0.5) is 4.79 Å². The van der Waals surface area contributed by atoms with Gasteiger partial charge in [-0.1, -0.05) is 39.7 Å². The second kappa shape index (κ2) is 10.4. The molecule has 1 aliphatic heterocycles. The minimum atomic E-state index is -0.867. The molecule has 1 aromatic rings. The minimum Gasteiger partial charge on any atom is -0.490 e. The Balaban J connectivity index is 1.74. The van der Waals surface area contributed by atoms with Crippen molar-refractivity contribution in [3.8, 4) is 11.5 Å². The van der Waals surface area contributed by atoms with Crippen molar-refractivity contribution in [3.05, 3.63) is 23.8 Å². The summed E-state index contributed by atoms with van der Waals surface area (Å²) in [5.41, 5.74) is 0.00834. The summed E-state index contributed by atoms with van der Waals surface area (Å²) in [6.45, 7) is 10.6. The number of carbonyl (C=O) groups is 3. The van der Waals surface area contributed by atoms with Gasteiger partial charge in [0.2, 0.25) is 5.91 Å². The first-order chi connectivity index (χ1) is 15.7. The van der Waals surface area contributed by atoms with E-state index in [0.29, 0.717) is 31.1 Å². The van der Waals surface area contributed by atoms with E-state index in [9.17, 15) is 14.4 Å². The van der Waals surface area contributed by atoms with Crippen LogP contribution in [0.3, 0.4) is 0 Å². The van der Waals surface area contributed by atoms with Crippen molar-refractivity contribution in [2.45, 2.75) is 71.9 Å². The SMILES string of the molecule is CCOc1ccc(C(NC(=O)CN2C(=O)NC3(CCCCC3C)C2=O)C(C)C)cc1OCC. The van der Waals surface area contributed by atoms with E-state index in [-0.39, 0.29) is 36.2 Å². The fourth-order valence-electron chi connectivity index (χ4n) is 4.90. The third-order valence-corrected chi connectivity index (χ3v) is 6.71. The average Bonchev–Trinajstić information content (AvgIpc) is 3.00. The molecule has 3 atom stereocenters. The van der Waals surface area contributed by atoms with Crippen LogP contribution >= 0.6 is 0 Å². The molecule has 8 heteroatoms. The van der Waals surface area contributed by atoms with Crippen molar-refractivity contribution in [3.63, 3.8) is 0 Å². The molecule has 182 valence electrons.